The maximum atomic E-state index is 12.1. The van der Waals surface area contributed by atoms with Gasteiger partial charge in [-0.25, -0.2) is 0 Å². The number of halogens is 1. The SMILES string of the molecule is O=C(CCC(=O)c1ccc(Br)cc1)OCc1nnnn1-c1ccccc1. The van der Waals surface area contributed by atoms with Crippen molar-refractivity contribution in [2.75, 3.05) is 0 Å². The van der Waals surface area contributed by atoms with Gasteiger partial charge in [0.25, 0.3) is 0 Å². The molecule has 0 amide bonds. The van der Waals surface area contributed by atoms with Crippen molar-refractivity contribution in [3.63, 3.8) is 0 Å². The Bertz CT molecular complexity index is 894. The van der Waals surface area contributed by atoms with Crippen LogP contribution in [0.15, 0.2) is 59.1 Å². The number of rotatable bonds is 7. The largest absolute Gasteiger partial charge is 0.457 e. The fourth-order valence-electron chi connectivity index (χ4n) is 2.28. The topological polar surface area (TPSA) is 87.0 Å². The van der Waals surface area contributed by atoms with Crippen LogP contribution in [0, 0.1) is 0 Å². The molecular weight excluding hydrogens is 400 g/mol. The normalized spacial score (nSPS) is 10.5. The smallest absolute Gasteiger partial charge is 0.306 e. The Hall–Kier alpha value is -2.87. The third-order valence-corrected chi connectivity index (χ3v) is 4.15. The van der Waals surface area contributed by atoms with Gasteiger partial charge in [-0.1, -0.05) is 46.3 Å². The summed E-state index contributed by atoms with van der Waals surface area (Å²) in [6.07, 6.45) is 0.0892. The number of carbonyl (C=O) groups excluding carboxylic acids is 2. The third kappa shape index (κ3) is 4.60. The van der Waals surface area contributed by atoms with E-state index < -0.39 is 5.97 Å². The van der Waals surface area contributed by atoms with Gasteiger partial charge in [0.05, 0.1) is 12.1 Å². The average molecular weight is 415 g/mol. The minimum absolute atomic E-state index is 0.00179. The van der Waals surface area contributed by atoms with Gasteiger partial charge >= 0.3 is 5.97 Å². The first kappa shape index (κ1) is 17.9. The molecule has 0 saturated carbocycles. The van der Waals surface area contributed by atoms with Crippen LogP contribution >= 0.6 is 15.9 Å². The lowest BCUT2D eigenvalue weighted by atomic mass is 10.1. The molecule has 0 saturated heterocycles. The molecule has 3 aromatic rings. The second kappa shape index (κ2) is 8.48. The Kier molecular flexibility index (Phi) is 5.85. The highest BCUT2D eigenvalue weighted by Crippen LogP contribution is 2.13. The first-order valence-corrected chi connectivity index (χ1v) is 8.70. The Morgan fingerprint density at radius 3 is 2.46 bits per heavy atom. The van der Waals surface area contributed by atoms with Crippen LogP contribution in [0.1, 0.15) is 29.0 Å². The van der Waals surface area contributed by atoms with Gasteiger partial charge in [0.15, 0.2) is 18.2 Å². The van der Waals surface area contributed by atoms with Gasteiger partial charge in [-0.2, -0.15) is 4.68 Å². The van der Waals surface area contributed by atoms with Crippen LogP contribution in [0.3, 0.4) is 0 Å². The monoisotopic (exact) mass is 414 g/mol. The molecule has 0 fully saturated rings. The third-order valence-electron chi connectivity index (χ3n) is 3.62. The lowest BCUT2D eigenvalue weighted by Crippen LogP contribution is -2.11. The molecule has 0 N–H and O–H groups in total. The zero-order valence-corrected chi connectivity index (χ0v) is 15.3. The zero-order chi connectivity index (χ0) is 18.4. The molecule has 1 heterocycles. The van der Waals surface area contributed by atoms with Crippen molar-refractivity contribution in [2.24, 2.45) is 0 Å². The summed E-state index contributed by atoms with van der Waals surface area (Å²) in [5.74, 6) is -0.176. The molecule has 0 unspecified atom stereocenters. The number of carbonyl (C=O) groups is 2. The highest BCUT2D eigenvalue weighted by molar-refractivity contribution is 9.10. The number of benzene rings is 2. The van der Waals surface area contributed by atoms with E-state index in [0.717, 1.165) is 10.2 Å². The van der Waals surface area contributed by atoms with E-state index in [9.17, 15) is 9.59 Å². The van der Waals surface area contributed by atoms with E-state index in [1.165, 1.54) is 4.68 Å². The summed E-state index contributed by atoms with van der Waals surface area (Å²) in [6, 6.07) is 16.3. The van der Waals surface area contributed by atoms with E-state index in [4.69, 9.17) is 4.74 Å². The molecular formula is C18H15BrN4O3. The Morgan fingerprint density at radius 1 is 1.00 bits per heavy atom. The molecule has 26 heavy (non-hydrogen) atoms. The molecule has 0 aliphatic rings. The number of para-hydroxylation sites is 1. The van der Waals surface area contributed by atoms with Crippen molar-refractivity contribution in [3.05, 3.63) is 70.5 Å². The number of ketones is 1. The lowest BCUT2D eigenvalue weighted by Gasteiger charge is -2.06. The van der Waals surface area contributed by atoms with E-state index >= 15 is 0 Å². The number of nitrogens with zero attached hydrogens (tertiary/aromatic N) is 4. The summed E-state index contributed by atoms with van der Waals surface area (Å²) < 4.78 is 7.59. The molecule has 2 aromatic carbocycles. The van der Waals surface area contributed by atoms with Crippen LogP contribution < -0.4 is 0 Å². The average Bonchev–Trinajstić information content (AvgIpc) is 3.14. The van der Waals surface area contributed by atoms with Crippen LogP contribution in [0.5, 0.6) is 0 Å². The first-order chi connectivity index (χ1) is 12.6. The van der Waals surface area contributed by atoms with Gasteiger partial charge in [-0.05, 0) is 34.7 Å². The summed E-state index contributed by atoms with van der Waals surface area (Å²) in [4.78, 5) is 24.0. The van der Waals surface area contributed by atoms with Crippen LogP contribution in [0.4, 0.5) is 0 Å². The van der Waals surface area contributed by atoms with Crippen LogP contribution in [0.25, 0.3) is 5.69 Å². The van der Waals surface area contributed by atoms with Crippen molar-refractivity contribution in [2.45, 2.75) is 19.4 Å². The maximum absolute atomic E-state index is 12.1. The molecule has 0 bridgehead atoms. The minimum Gasteiger partial charge on any atom is -0.457 e. The fraction of sp³-hybridized carbons (Fsp3) is 0.167. The van der Waals surface area contributed by atoms with Gasteiger partial charge in [0.2, 0.25) is 0 Å². The highest BCUT2D eigenvalue weighted by atomic mass is 79.9. The van der Waals surface area contributed by atoms with E-state index in [2.05, 4.69) is 31.5 Å². The molecule has 8 heteroatoms. The highest BCUT2D eigenvalue weighted by Gasteiger charge is 2.13. The van der Waals surface area contributed by atoms with Crippen LogP contribution in [-0.4, -0.2) is 32.0 Å². The first-order valence-electron chi connectivity index (χ1n) is 7.90. The van der Waals surface area contributed by atoms with Crippen molar-refractivity contribution in [1.82, 2.24) is 20.2 Å². The molecule has 1 aromatic heterocycles. The number of tetrazole rings is 1. The standard InChI is InChI=1S/C18H15BrN4O3/c19-14-8-6-13(7-9-14)16(24)10-11-18(25)26-12-17-20-21-22-23(17)15-4-2-1-3-5-15/h1-9H,10-12H2. The van der Waals surface area contributed by atoms with Gasteiger partial charge in [-0.3, -0.25) is 9.59 Å². The number of hydrogen-bond donors (Lipinski definition) is 0. The summed E-state index contributed by atoms with van der Waals surface area (Å²) >= 11 is 3.32. The van der Waals surface area contributed by atoms with Crippen LogP contribution in [-0.2, 0) is 16.1 Å². The molecule has 0 radical (unpaired) electrons. The van der Waals surface area contributed by atoms with Gasteiger partial charge in [0, 0.05) is 16.5 Å². The van der Waals surface area contributed by atoms with Gasteiger partial charge in [0.1, 0.15) is 0 Å². The number of hydrogen-bond acceptors (Lipinski definition) is 6. The van der Waals surface area contributed by atoms with Crippen LogP contribution in [0.2, 0.25) is 0 Å². The Labute approximate surface area is 158 Å². The lowest BCUT2D eigenvalue weighted by molar-refractivity contribution is -0.145. The summed E-state index contributed by atoms with van der Waals surface area (Å²) in [6.45, 7) is -0.0623. The van der Waals surface area contributed by atoms with Crippen molar-refractivity contribution in [3.8, 4) is 5.69 Å². The van der Waals surface area contributed by atoms with Crippen molar-refractivity contribution >= 4 is 27.7 Å². The molecule has 0 spiro atoms. The fourth-order valence-corrected chi connectivity index (χ4v) is 2.54. The predicted octanol–water partition coefficient (Wildman–Crippen LogP) is 3.13. The quantitative estimate of drug-likeness (QED) is 0.435. The Balaban J connectivity index is 1.51. The summed E-state index contributed by atoms with van der Waals surface area (Å²) in [5, 5.41) is 11.4. The van der Waals surface area contributed by atoms with Crippen molar-refractivity contribution < 1.29 is 14.3 Å². The van der Waals surface area contributed by atoms with Gasteiger partial charge < -0.3 is 4.74 Å². The number of ether oxygens (including phenoxy) is 1. The second-order valence-corrected chi connectivity index (χ2v) is 6.35. The summed E-state index contributed by atoms with van der Waals surface area (Å²) in [5.41, 5.74) is 1.34. The molecule has 0 aliphatic carbocycles. The van der Waals surface area contributed by atoms with E-state index in [1.54, 1.807) is 24.3 Å². The molecule has 0 aliphatic heterocycles. The van der Waals surface area contributed by atoms with E-state index in [-0.39, 0.29) is 25.2 Å². The molecule has 7 nitrogen and oxygen atoms in total. The number of esters is 1. The van der Waals surface area contributed by atoms with E-state index in [0.29, 0.717) is 11.4 Å². The molecule has 132 valence electrons. The Morgan fingerprint density at radius 2 is 1.73 bits per heavy atom. The molecule has 0 atom stereocenters. The van der Waals surface area contributed by atoms with Crippen molar-refractivity contribution in [1.29, 1.82) is 0 Å². The maximum Gasteiger partial charge on any atom is 0.306 e. The van der Waals surface area contributed by atoms with Gasteiger partial charge in [-0.15, -0.1) is 5.10 Å². The predicted molar refractivity (Wildman–Crippen MR) is 96.7 cm³/mol. The minimum atomic E-state index is -0.474. The number of aromatic nitrogens is 4. The second-order valence-electron chi connectivity index (χ2n) is 5.43. The summed E-state index contributed by atoms with van der Waals surface area (Å²) in [7, 11) is 0. The number of Topliss-reactive ketones (excluding diaryl/α,β-unsaturated/α-hetero) is 1. The zero-order valence-electron chi connectivity index (χ0n) is 13.7. The van der Waals surface area contributed by atoms with E-state index in [1.807, 2.05) is 30.3 Å². The molecule has 3 rings (SSSR count).